The van der Waals surface area contributed by atoms with E-state index in [0.717, 1.165) is 65.2 Å². The van der Waals surface area contributed by atoms with E-state index in [1.54, 1.807) is 11.3 Å². The van der Waals surface area contributed by atoms with E-state index in [-0.39, 0.29) is 17.6 Å². The Hall–Kier alpha value is -3.49. The third kappa shape index (κ3) is 8.68. The third-order valence-corrected chi connectivity index (χ3v) is 12.3. The van der Waals surface area contributed by atoms with Crippen molar-refractivity contribution in [3.8, 4) is 5.75 Å². The lowest BCUT2D eigenvalue weighted by molar-refractivity contribution is -0.777. The number of aryl methyl sites for hydroxylation is 3. The number of ether oxygens (including phenoxy) is 1. The highest BCUT2D eigenvalue weighted by molar-refractivity contribution is 7.95. The fourth-order valence-corrected chi connectivity index (χ4v) is 8.50. The van der Waals surface area contributed by atoms with E-state index in [9.17, 15) is 18.2 Å². The quantitative estimate of drug-likeness (QED) is 0.0456. The van der Waals surface area contributed by atoms with Crippen LogP contribution in [-0.2, 0) is 26.0 Å². The first-order valence-electron chi connectivity index (χ1n) is 16.7. The molecule has 0 saturated heterocycles. The number of nitrogens with zero attached hydrogens (tertiary/aromatic N) is 2. The first kappa shape index (κ1) is 36.3. The Morgan fingerprint density at radius 3 is 2.56 bits per heavy atom. The first-order chi connectivity index (χ1) is 24.0. The summed E-state index contributed by atoms with van der Waals surface area (Å²) >= 11 is 2.78. The maximum atomic E-state index is 11.7. The number of fused-ring (bicyclic) bond motifs is 2. The molecule has 9 nitrogen and oxygen atoms in total. The van der Waals surface area contributed by atoms with Crippen molar-refractivity contribution in [3.05, 3.63) is 118 Å². The summed E-state index contributed by atoms with van der Waals surface area (Å²) in [5.74, 6) is 1.55. The summed E-state index contributed by atoms with van der Waals surface area (Å²) in [7, 11) is -4.41. The van der Waals surface area contributed by atoms with Gasteiger partial charge in [-0.25, -0.2) is 8.42 Å². The molecule has 1 aromatic heterocycles. The molecule has 0 fully saturated rings. The molecule has 6 rings (SSSR count). The molecule has 3 aromatic carbocycles. The topological polar surface area (TPSA) is 115 Å². The van der Waals surface area contributed by atoms with Gasteiger partial charge in [-0.1, -0.05) is 66.8 Å². The average Bonchev–Trinajstić information content (AvgIpc) is 3.60. The number of anilines is 1. The summed E-state index contributed by atoms with van der Waals surface area (Å²) in [4.78, 5) is 1.99. The normalized spacial score (nSPS) is 19.1. The molecule has 50 heavy (non-hydrogen) atoms. The van der Waals surface area contributed by atoms with Crippen LogP contribution in [0.2, 0.25) is 0 Å². The third-order valence-electron chi connectivity index (χ3n) is 9.24. The molecule has 2 heterocycles. The molecular weight excluding hydrogens is 693 g/mol. The highest BCUT2D eigenvalue weighted by Gasteiger charge is 2.29. The minimum Gasteiger partial charge on any atom is -0.748 e. The zero-order valence-corrected chi connectivity index (χ0v) is 31.0. The average molecular weight is 734 g/mol. The van der Waals surface area contributed by atoms with Gasteiger partial charge in [0.05, 0.1) is 15.8 Å². The van der Waals surface area contributed by atoms with Crippen LogP contribution >= 0.6 is 23.4 Å². The fourth-order valence-electron chi connectivity index (χ4n) is 6.47. The standard InChI is InChI=1S/C38H42N2O7S3/c1-25-11-13-35-34(18-25)39(17-15-28(4)50(42,43)44)37(45-35)23-29-20-30(22-32(21-29)31-8-6-5-7-9-31)24-38-40(16-14-27(3)49-47-46-41)33-12-10-26(2)19-36(33)48-38/h5-13,18-20,23-24,27-28,32H,14-17,21-22H2,1-4H3,(H-,41,42,43,44)/p-1. The van der Waals surface area contributed by atoms with Gasteiger partial charge in [-0.3, -0.25) is 5.04 Å². The molecule has 3 unspecified atom stereocenters. The minimum atomic E-state index is -4.41. The number of rotatable bonds is 13. The molecule has 0 spiro atoms. The Morgan fingerprint density at radius 2 is 1.80 bits per heavy atom. The van der Waals surface area contributed by atoms with Crippen molar-refractivity contribution >= 4 is 55.5 Å². The second kappa shape index (κ2) is 15.8. The maximum Gasteiger partial charge on any atom is 0.263 e. The molecule has 3 atom stereocenters. The predicted octanol–water partition coefficient (Wildman–Crippen LogP) is 7.41. The summed E-state index contributed by atoms with van der Waals surface area (Å²) in [6.07, 6.45) is 9.19. The molecule has 4 aromatic rings. The Bertz CT molecular complexity index is 2040. The van der Waals surface area contributed by atoms with Crippen LogP contribution in [0.3, 0.4) is 0 Å². The number of thiazole rings is 1. The zero-order chi connectivity index (χ0) is 35.4. The second-order valence-corrected chi connectivity index (χ2v) is 17.1. The summed E-state index contributed by atoms with van der Waals surface area (Å²) in [6, 6.07) is 23.0. The Morgan fingerprint density at radius 1 is 1.04 bits per heavy atom. The van der Waals surface area contributed by atoms with Crippen LogP contribution in [0.1, 0.15) is 67.1 Å². The highest BCUT2D eigenvalue weighted by atomic mass is 32.2. The molecule has 0 radical (unpaired) electrons. The molecular formula is C38H41N2O7S3-. The van der Waals surface area contributed by atoms with E-state index in [4.69, 9.17) is 4.74 Å². The summed E-state index contributed by atoms with van der Waals surface area (Å²) in [6.45, 7) is 8.63. The molecule has 1 aliphatic heterocycles. The Labute approximate surface area is 302 Å². The van der Waals surface area contributed by atoms with Crippen molar-refractivity contribution in [1.29, 1.82) is 0 Å². The second-order valence-electron chi connectivity index (χ2n) is 13.1. The van der Waals surface area contributed by atoms with Crippen molar-refractivity contribution in [2.45, 2.75) is 76.3 Å². The van der Waals surface area contributed by atoms with Crippen LogP contribution in [0, 0.1) is 13.8 Å². The molecule has 2 aliphatic rings. The summed E-state index contributed by atoms with van der Waals surface area (Å²) in [5.41, 5.74) is 7.80. The van der Waals surface area contributed by atoms with Gasteiger partial charge >= 0.3 is 0 Å². The van der Waals surface area contributed by atoms with Crippen molar-refractivity contribution in [3.63, 3.8) is 0 Å². The number of hydrogen-bond acceptors (Lipinski definition) is 10. The fraction of sp³-hybridized carbons (Fsp3) is 0.342. The van der Waals surface area contributed by atoms with Crippen LogP contribution in [-0.4, -0.2) is 30.0 Å². The lowest BCUT2D eigenvalue weighted by Crippen LogP contribution is -2.36. The number of hydrogen-bond donors (Lipinski definition) is 0. The van der Waals surface area contributed by atoms with Gasteiger partial charge in [0.15, 0.2) is 12.3 Å². The number of aromatic nitrogens is 1. The van der Waals surface area contributed by atoms with Crippen molar-refractivity contribution in [1.82, 2.24) is 0 Å². The zero-order valence-electron chi connectivity index (χ0n) is 28.5. The molecule has 0 N–H and O–H groups in total. The van der Waals surface area contributed by atoms with Gasteiger partial charge in [0.1, 0.15) is 4.70 Å². The minimum absolute atomic E-state index is 0.0478. The van der Waals surface area contributed by atoms with E-state index in [1.807, 2.05) is 43.0 Å². The lowest BCUT2D eigenvalue weighted by Gasteiger charge is -2.25. The lowest BCUT2D eigenvalue weighted by atomic mass is 9.81. The van der Waals surface area contributed by atoms with Crippen molar-refractivity contribution in [2.24, 2.45) is 0 Å². The van der Waals surface area contributed by atoms with Crippen molar-refractivity contribution < 1.29 is 36.9 Å². The van der Waals surface area contributed by atoms with Crippen molar-refractivity contribution in [2.75, 3.05) is 11.4 Å². The summed E-state index contributed by atoms with van der Waals surface area (Å²) < 4.78 is 49.8. The molecule has 0 amide bonds. The van der Waals surface area contributed by atoms with Gasteiger partial charge in [-0.05, 0) is 92.0 Å². The molecule has 12 heteroatoms. The highest BCUT2D eigenvalue weighted by Crippen LogP contribution is 2.43. The predicted molar refractivity (Wildman–Crippen MR) is 196 cm³/mol. The van der Waals surface area contributed by atoms with Gasteiger partial charge in [-0.2, -0.15) is 8.90 Å². The van der Waals surface area contributed by atoms with Gasteiger partial charge in [0, 0.05) is 53.7 Å². The monoisotopic (exact) mass is 733 g/mol. The Kier molecular flexibility index (Phi) is 11.5. The molecule has 0 bridgehead atoms. The van der Waals surface area contributed by atoms with E-state index < -0.39 is 15.4 Å². The first-order valence-corrected chi connectivity index (χ1v) is 19.8. The van der Waals surface area contributed by atoms with Gasteiger partial charge in [0.25, 0.3) is 5.01 Å². The summed E-state index contributed by atoms with van der Waals surface area (Å²) in [5, 5.41) is 14.1. The van der Waals surface area contributed by atoms with E-state index in [1.165, 1.54) is 28.3 Å². The number of benzene rings is 3. The van der Waals surface area contributed by atoms with Crippen LogP contribution < -0.4 is 19.5 Å². The van der Waals surface area contributed by atoms with Gasteiger partial charge in [-0.15, -0.1) is 0 Å². The van der Waals surface area contributed by atoms with Crippen LogP contribution in [0.4, 0.5) is 5.69 Å². The van der Waals surface area contributed by atoms with Crippen LogP contribution in [0.15, 0.2) is 95.9 Å². The van der Waals surface area contributed by atoms with Crippen LogP contribution in [0.5, 0.6) is 5.75 Å². The van der Waals surface area contributed by atoms with E-state index >= 15 is 0 Å². The van der Waals surface area contributed by atoms with E-state index in [0.29, 0.717) is 18.2 Å². The SMILES string of the molecule is Cc1ccc2c(c1)N(CCC(C)S(=O)(=O)[O-])/C(=C/C1=CC(=C/c3sc4cc(C)ccc4[n+]3CCC(C)SOO[O-])/CC(c3ccccc3)C1)O2. The molecule has 264 valence electrons. The van der Waals surface area contributed by atoms with Gasteiger partial charge in [0.2, 0.25) is 11.4 Å². The van der Waals surface area contributed by atoms with Crippen LogP contribution in [0.25, 0.3) is 16.3 Å². The smallest absolute Gasteiger partial charge is 0.263 e. The largest absolute Gasteiger partial charge is 0.748 e. The molecule has 1 aliphatic carbocycles. The molecule has 0 saturated carbocycles. The van der Waals surface area contributed by atoms with E-state index in [2.05, 4.69) is 81.6 Å². The number of allylic oxidation sites excluding steroid dienone is 4. The Balaban J connectivity index is 1.39. The van der Waals surface area contributed by atoms with Gasteiger partial charge < -0.3 is 19.4 Å². The maximum absolute atomic E-state index is 11.7.